The highest BCUT2D eigenvalue weighted by atomic mass is 15.2. The van der Waals surface area contributed by atoms with Gasteiger partial charge in [-0.05, 0) is 98.9 Å². The Morgan fingerprint density at radius 3 is 1.93 bits per heavy atom. The molecule has 0 saturated heterocycles. The Kier molecular flexibility index (Phi) is 5.43. The maximum absolute atomic E-state index is 4.61. The summed E-state index contributed by atoms with van der Waals surface area (Å²) < 4.78 is 2.25. The van der Waals surface area contributed by atoms with Crippen LogP contribution in [0.3, 0.4) is 0 Å². The SMILES string of the molecule is C=C1c2ccccc2N(c2ccc(-c3ccc(-n4ccc5ccccc54)cc3)cc2)c2cc3c(cc21)-c1ccccc1C3(C)C. The number of anilines is 3. The van der Waals surface area contributed by atoms with Crippen molar-refractivity contribution in [3.63, 3.8) is 0 Å². The summed E-state index contributed by atoms with van der Waals surface area (Å²) >= 11 is 0. The predicted octanol–water partition coefficient (Wildman–Crippen LogP) is 11.4. The van der Waals surface area contributed by atoms with Gasteiger partial charge in [0.25, 0.3) is 0 Å². The van der Waals surface area contributed by atoms with E-state index in [1.165, 1.54) is 66.8 Å². The molecule has 2 heteroatoms. The van der Waals surface area contributed by atoms with E-state index in [2.05, 4.69) is 176 Å². The highest BCUT2D eigenvalue weighted by Gasteiger charge is 2.38. The average molecular weight is 577 g/mol. The van der Waals surface area contributed by atoms with Crippen LogP contribution in [0.4, 0.5) is 17.1 Å². The van der Waals surface area contributed by atoms with Crippen molar-refractivity contribution >= 4 is 33.5 Å². The molecular formula is C43H32N2. The molecule has 0 fully saturated rings. The van der Waals surface area contributed by atoms with E-state index in [0.717, 1.165) is 16.9 Å². The second-order valence-electron chi connectivity index (χ2n) is 12.8. The first-order chi connectivity index (χ1) is 22.0. The Hall–Kier alpha value is -5.60. The summed E-state index contributed by atoms with van der Waals surface area (Å²) in [7, 11) is 0. The lowest BCUT2D eigenvalue weighted by molar-refractivity contribution is 0.660. The summed E-state index contributed by atoms with van der Waals surface area (Å²) in [5.74, 6) is 0. The molecule has 0 bridgehead atoms. The first-order valence-electron chi connectivity index (χ1n) is 15.6. The van der Waals surface area contributed by atoms with Crippen LogP contribution in [-0.4, -0.2) is 4.57 Å². The minimum absolute atomic E-state index is 0.0755. The van der Waals surface area contributed by atoms with E-state index in [9.17, 15) is 0 Å². The van der Waals surface area contributed by atoms with Crippen molar-refractivity contribution < 1.29 is 0 Å². The lowest BCUT2D eigenvalue weighted by atomic mass is 9.80. The van der Waals surface area contributed by atoms with Crippen LogP contribution in [0.5, 0.6) is 0 Å². The minimum atomic E-state index is -0.0755. The van der Waals surface area contributed by atoms with Gasteiger partial charge in [0.2, 0.25) is 0 Å². The summed E-state index contributed by atoms with van der Waals surface area (Å²) in [5, 5.41) is 1.25. The average Bonchev–Trinajstić information content (AvgIpc) is 3.61. The van der Waals surface area contributed by atoms with E-state index in [1.807, 2.05) is 0 Å². The van der Waals surface area contributed by atoms with Gasteiger partial charge in [-0.25, -0.2) is 0 Å². The number of rotatable bonds is 3. The van der Waals surface area contributed by atoms with Crippen LogP contribution in [0.1, 0.15) is 36.1 Å². The summed E-state index contributed by atoms with van der Waals surface area (Å²) in [6.07, 6.45) is 2.15. The van der Waals surface area contributed by atoms with E-state index in [0.29, 0.717) is 0 Å². The van der Waals surface area contributed by atoms with Crippen LogP contribution in [0.15, 0.2) is 152 Å². The first-order valence-corrected chi connectivity index (χ1v) is 15.6. The lowest BCUT2D eigenvalue weighted by Gasteiger charge is -2.36. The number of fused-ring (bicyclic) bond motifs is 6. The fourth-order valence-corrected chi connectivity index (χ4v) is 7.57. The Bertz CT molecular complexity index is 2300. The van der Waals surface area contributed by atoms with E-state index < -0.39 is 0 Å². The highest BCUT2D eigenvalue weighted by molar-refractivity contribution is 6.02. The molecule has 0 spiro atoms. The van der Waals surface area contributed by atoms with Crippen molar-refractivity contribution in [2.24, 2.45) is 0 Å². The zero-order valence-electron chi connectivity index (χ0n) is 25.5. The molecule has 0 amide bonds. The molecule has 0 saturated carbocycles. The predicted molar refractivity (Wildman–Crippen MR) is 189 cm³/mol. The van der Waals surface area contributed by atoms with Gasteiger partial charge in [0.15, 0.2) is 0 Å². The summed E-state index contributed by atoms with van der Waals surface area (Å²) in [6, 6.07) is 50.8. The molecule has 1 aromatic heterocycles. The molecule has 7 aromatic rings. The Balaban J connectivity index is 1.12. The van der Waals surface area contributed by atoms with Gasteiger partial charge in [-0.15, -0.1) is 0 Å². The highest BCUT2D eigenvalue weighted by Crippen LogP contribution is 2.55. The minimum Gasteiger partial charge on any atom is -0.317 e. The van der Waals surface area contributed by atoms with Gasteiger partial charge in [0.1, 0.15) is 0 Å². The van der Waals surface area contributed by atoms with E-state index in [4.69, 9.17) is 0 Å². The second kappa shape index (κ2) is 9.45. The van der Waals surface area contributed by atoms with Gasteiger partial charge in [0, 0.05) is 34.1 Å². The fourth-order valence-electron chi connectivity index (χ4n) is 7.57. The third-order valence-corrected chi connectivity index (χ3v) is 9.94. The number of hydrogen-bond donors (Lipinski definition) is 0. The molecule has 0 atom stereocenters. The van der Waals surface area contributed by atoms with Crippen LogP contribution in [0.25, 0.3) is 44.4 Å². The van der Waals surface area contributed by atoms with Crippen molar-refractivity contribution in [3.8, 4) is 27.9 Å². The molecule has 1 aliphatic heterocycles. The van der Waals surface area contributed by atoms with Crippen LogP contribution < -0.4 is 4.90 Å². The number of aromatic nitrogens is 1. The lowest BCUT2D eigenvalue weighted by Crippen LogP contribution is -2.20. The molecule has 2 heterocycles. The summed E-state index contributed by atoms with van der Waals surface area (Å²) in [5.41, 5.74) is 17.1. The number of nitrogens with zero attached hydrogens (tertiary/aromatic N) is 2. The van der Waals surface area contributed by atoms with Crippen molar-refractivity contribution in [3.05, 3.63) is 175 Å². The molecule has 0 unspecified atom stereocenters. The van der Waals surface area contributed by atoms with Gasteiger partial charge in [-0.2, -0.15) is 0 Å². The quantitative estimate of drug-likeness (QED) is 0.203. The van der Waals surface area contributed by atoms with Crippen LogP contribution in [0, 0.1) is 0 Å². The molecule has 9 rings (SSSR count). The topological polar surface area (TPSA) is 8.17 Å². The van der Waals surface area contributed by atoms with Gasteiger partial charge < -0.3 is 9.47 Å². The molecule has 2 aliphatic rings. The standard InChI is InChI=1S/C43H32N2/c1-28-34-11-6-9-15-41(34)45(42-27-39-37(26-36(28)42)35-12-5-7-13-38(35)43(39,2)3)33-22-18-30(19-23-33)29-16-20-32(21-17-29)44-25-24-31-10-4-8-14-40(31)44/h4-27H,1H2,2-3H3. The second-order valence-corrected chi connectivity index (χ2v) is 12.8. The smallest absolute Gasteiger partial charge is 0.0543 e. The van der Waals surface area contributed by atoms with Crippen molar-refractivity contribution in [2.75, 3.05) is 4.90 Å². The zero-order valence-corrected chi connectivity index (χ0v) is 25.5. The van der Waals surface area contributed by atoms with Gasteiger partial charge >= 0.3 is 0 Å². The zero-order chi connectivity index (χ0) is 30.3. The third kappa shape index (κ3) is 3.76. The van der Waals surface area contributed by atoms with Gasteiger partial charge in [0.05, 0.1) is 16.9 Å². The number of hydrogen-bond acceptors (Lipinski definition) is 1. The number of benzene rings is 6. The van der Waals surface area contributed by atoms with Gasteiger partial charge in [-0.1, -0.05) is 105 Å². The normalized spacial score (nSPS) is 14.2. The Labute approximate surface area is 264 Å². The van der Waals surface area contributed by atoms with Crippen LogP contribution in [0.2, 0.25) is 0 Å². The maximum atomic E-state index is 4.61. The van der Waals surface area contributed by atoms with Crippen molar-refractivity contribution in [2.45, 2.75) is 19.3 Å². The summed E-state index contributed by atoms with van der Waals surface area (Å²) in [6.45, 7) is 9.30. The molecule has 1 aliphatic carbocycles. The largest absolute Gasteiger partial charge is 0.317 e. The Morgan fingerprint density at radius 1 is 0.511 bits per heavy atom. The number of para-hydroxylation sites is 2. The van der Waals surface area contributed by atoms with E-state index >= 15 is 0 Å². The van der Waals surface area contributed by atoms with E-state index in [-0.39, 0.29) is 5.41 Å². The third-order valence-electron chi connectivity index (χ3n) is 9.94. The van der Waals surface area contributed by atoms with Gasteiger partial charge in [-0.3, -0.25) is 0 Å². The maximum Gasteiger partial charge on any atom is 0.0543 e. The first kappa shape index (κ1) is 25.9. The van der Waals surface area contributed by atoms with E-state index in [1.54, 1.807) is 0 Å². The molecular weight excluding hydrogens is 544 g/mol. The molecule has 2 nitrogen and oxygen atoms in total. The molecule has 0 N–H and O–H groups in total. The molecule has 45 heavy (non-hydrogen) atoms. The van der Waals surface area contributed by atoms with Crippen LogP contribution >= 0.6 is 0 Å². The van der Waals surface area contributed by atoms with Crippen LogP contribution in [-0.2, 0) is 5.41 Å². The van der Waals surface area contributed by atoms with Crippen molar-refractivity contribution in [1.29, 1.82) is 0 Å². The van der Waals surface area contributed by atoms with Crippen molar-refractivity contribution in [1.82, 2.24) is 4.57 Å². The molecule has 0 radical (unpaired) electrons. The fraction of sp³-hybridized carbons (Fsp3) is 0.0698. The summed E-state index contributed by atoms with van der Waals surface area (Å²) in [4.78, 5) is 2.42. The molecule has 6 aromatic carbocycles. The Morgan fingerprint density at radius 2 is 1.16 bits per heavy atom. The molecule has 214 valence electrons. The monoisotopic (exact) mass is 576 g/mol.